The molecule has 0 amide bonds. The fourth-order valence-corrected chi connectivity index (χ4v) is 1.72. The number of halogens is 1. The van der Waals surface area contributed by atoms with Gasteiger partial charge in [0.25, 0.3) is 0 Å². The van der Waals surface area contributed by atoms with E-state index in [1.54, 1.807) is 6.26 Å². The van der Waals surface area contributed by atoms with Crippen molar-refractivity contribution >= 4 is 18.2 Å². The zero-order chi connectivity index (χ0) is 12.3. The van der Waals surface area contributed by atoms with Gasteiger partial charge in [-0.2, -0.15) is 5.10 Å². The first-order chi connectivity index (χ1) is 8.15. The standard InChI is InChI=1S/C13H19N3O.ClH/c1-10(2)9-16-11(3)7-13(15-16)14-8-12-5-4-6-17-12;/h4-7,10H,8-9H2,1-3H3,(H,14,15);1H. The highest BCUT2D eigenvalue weighted by atomic mass is 35.5. The predicted octanol–water partition coefficient (Wildman–Crippen LogP) is 3.47. The Morgan fingerprint density at radius 1 is 1.44 bits per heavy atom. The van der Waals surface area contributed by atoms with Gasteiger partial charge in [-0.05, 0) is 25.0 Å². The Hall–Kier alpha value is -1.42. The number of rotatable bonds is 5. The fraction of sp³-hybridized carbons (Fsp3) is 0.462. The van der Waals surface area contributed by atoms with Crippen molar-refractivity contribution in [3.63, 3.8) is 0 Å². The van der Waals surface area contributed by atoms with Gasteiger partial charge in [-0.25, -0.2) is 0 Å². The van der Waals surface area contributed by atoms with E-state index in [0.29, 0.717) is 12.5 Å². The summed E-state index contributed by atoms with van der Waals surface area (Å²) >= 11 is 0. The molecule has 0 bridgehead atoms. The minimum atomic E-state index is 0. The minimum absolute atomic E-state index is 0. The Bertz CT molecular complexity index is 463. The lowest BCUT2D eigenvalue weighted by Crippen LogP contribution is -2.08. The molecule has 1 N–H and O–H groups in total. The van der Waals surface area contributed by atoms with Crippen LogP contribution in [0.5, 0.6) is 0 Å². The van der Waals surface area contributed by atoms with Gasteiger partial charge in [0.2, 0.25) is 0 Å². The summed E-state index contributed by atoms with van der Waals surface area (Å²) < 4.78 is 7.30. The molecule has 0 radical (unpaired) electrons. The van der Waals surface area contributed by atoms with Gasteiger partial charge >= 0.3 is 0 Å². The highest BCUT2D eigenvalue weighted by Crippen LogP contribution is 2.12. The Kier molecular flexibility index (Phi) is 5.28. The molecule has 0 saturated heterocycles. The van der Waals surface area contributed by atoms with Crippen LogP contribution < -0.4 is 5.32 Å². The molecule has 0 aromatic carbocycles. The Morgan fingerprint density at radius 2 is 2.22 bits per heavy atom. The summed E-state index contributed by atoms with van der Waals surface area (Å²) in [5, 5.41) is 7.77. The van der Waals surface area contributed by atoms with Gasteiger partial charge in [-0.3, -0.25) is 4.68 Å². The number of aromatic nitrogens is 2. The van der Waals surface area contributed by atoms with Crippen molar-refractivity contribution in [1.29, 1.82) is 0 Å². The summed E-state index contributed by atoms with van der Waals surface area (Å²) in [6.07, 6.45) is 1.68. The van der Waals surface area contributed by atoms with E-state index in [-0.39, 0.29) is 12.4 Å². The molecule has 0 atom stereocenters. The van der Waals surface area contributed by atoms with E-state index in [1.165, 1.54) is 5.69 Å². The number of nitrogens with one attached hydrogen (secondary N) is 1. The molecule has 2 heterocycles. The Balaban J connectivity index is 0.00000162. The Labute approximate surface area is 114 Å². The van der Waals surface area contributed by atoms with Crippen molar-refractivity contribution in [3.05, 3.63) is 35.9 Å². The van der Waals surface area contributed by atoms with Gasteiger partial charge in [-0.1, -0.05) is 13.8 Å². The van der Waals surface area contributed by atoms with Gasteiger partial charge in [0.1, 0.15) is 11.6 Å². The first-order valence-electron chi connectivity index (χ1n) is 5.96. The molecule has 2 aromatic rings. The lowest BCUT2D eigenvalue weighted by Gasteiger charge is -2.06. The first kappa shape index (κ1) is 14.6. The van der Waals surface area contributed by atoms with Gasteiger partial charge in [0, 0.05) is 18.3 Å². The highest BCUT2D eigenvalue weighted by molar-refractivity contribution is 5.85. The van der Waals surface area contributed by atoms with Crippen LogP contribution in [-0.2, 0) is 13.1 Å². The summed E-state index contributed by atoms with van der Waals surface area (Å²) in [5.41, 5.74) is 1.18. The quantitative estimate of drug-likeness (QED) is 0.904. The second kappa shape index (κ2) is 6.50. The zero-order valence-corrected chi connectivity index (χ0v) is 11.8. The molecule has 0 unspecified atom stereocenters. The number of aryl methyl sites for hydroxylation is 1. The summed E-state index contributed by atoms with van der Waals surface area (Å²) in [7, 11) is 0. The average molecular weight is 270 g/mol. The molecule has 5 heteroatoms. The minimum Gasteiger partial charge on any atom is -0.467 e. The van der Waals surface area contributed by atoms with E-state index in [0.717, 1.165) is 18.1 Å². The van der Waals surface area contributed by atoms with E-state index in [1.807, 2.05) is 16.8 Å². The van der Waals surface area contributed by atoms with Crippen molar-refractivity contribution < 1.29 is 4.42 Å². The van der Waals surface area contributed by atoms with Gasteiger partial charge < -0.3 is 9.73 Å². The maximum absolute atomic E-state index is 5.26. The molecule has 0 saturated carbocycles. The lowest BCUT2D eigenvalue weighted by atomic mass is 10.2. The topological polar surface area (TPSA) is 43.0 Å². The van der Waals surface area contributed by atoms with Crippen LogP contribution in [0.25, 0.3) is 0 Å². The second-order valence-corrected chi connectivity index (χ2v) is 4.68. The van der Waals surface area contributed by atoms with E-state index in [2.05, 4.69) is 37.3 Å². The third kappa shape index (κ3) is 3.81. The highest BCUT2D eigenvalue weighted by Gasteiger charge is 2.05. The van der Waals surface area contributed by atoms with Crippen LogP contribution in [0.4, 0.5) is 5.82 Å². The summed E-state index contributed by atoms with van der Waals surface area (Å²) in [4.78, 5) is 0. The smallest absolute Gasteiger partial charge is 0.148 e. The van der Waals surface area contributed by atoms with Crippen LogP contribution in [0.3, 0.4) is 0 Å². The molecule has 0 spiro atoms. The van der Waals surface area contributed by atoms with Crippen LogP contribution in [0, 0.1) is 12.8 Å². The Morgan fingerprint density at radius 3 is 2.83 bits per heavy atom. The molecule has 18 heavy (non-hydrogen) atoms. The molecule has 2 rings (SSSR count). The molecule has 0 fully saturated rings. The van der Waals surface area contributed by atoms with Crippen molar-refractivity contribution in [2.75, 3.05) is 5.32 Å². The SMILES string of the molecule is Cc1cc(NCc2ccco2)nn1CC(C)C.Cl. The second-order valence-electron chi connectivity index (χ2n) is 4.68. The monoisotopic (exact) mass is 269 g/mol. The van der Waals surface area contributed by atoms with E-state index < -0.39 is 0 Å². The molecule has 2 aromatic heterocycles. The van der Waals surface area contributed by atoms with E-state index in [9.17, 15) is 0 Å². The average Bonchev–Trinajstić information content (AvgIpc) is 2.86. The van der Waals surface area contributed by atoms with Crippen LogP contribution in [0.15, 0.2) is 28.9 Å². The van der Waals surface area contributed by atoms with Crippen LogP contribution in [0.1, 0.15) is 25.3 Å². The third-order valence-corrected chi connectivity index (χ3v) is 2.54. The number of nitrogens with zero attached hydrogens (tertiary/aromatic N) is 2. The first-order valence-corrected chi connectivity index (χ1v) is 5.96. The van der Waals surface area contributed by atoms with Crippen molar-refractivity contribution in [2.45, 2.75) is 33.9 Å². The van der Waals surface area contributed by atoms with Gasteiger partial charge in [0.05, 0.1) is 12.8 Å². The van der Waals surface area contributed by atoms with Crippen LogP contribution in [-0.4, -0.2) is 9.78 Å². The largest absolute Gasteiger partial charge is 0.467 e. The maximum atomic E-state index is 5.26. The van der Waals surface area contributed by atoms with E-state index >= 15 is 0 Å². The van der Waals surface area contributed by atoms with Crippen LogP contribution in [0.2, 0.25) is 0 Å². The van der Waals surface area contributed by atoms with Gasteiger partial charge in [-0.15, -0.1) is 12.4 Å². The molecule has 4 nitrogen and oxygen atoms in total. The predicted molar refractivity (Wildman–Crippen MR) is 75.1 cm³/mol. The lowest BCUT2D eigenvalue weighted by molar-refractivity contribution is 0.475. The summed E-state index contributed by atoms with van der Waals surface area (Å²) in [5.74, 6) is 2.42. The maximum Gasteiger partial charge on any atom is 0.148 e. The molecule has 0 aliphatic rings. The summed E-state index contributed by atoms with van der Waals surface area (Å²) in [6.45, 7) is 8.08. The van der Waals surface area contributed by atoms with Gasteiger partial charge in [0.15, 0.2) is 0 Å². The number of furan rings is 1. The fourth-order valence-electron chi connectivity index (χ4n) is 1.72. The zero-order valence-electron chi connectivity index (χ0n) is 11.0. The number of anilines is 1. The third-order valence-electron chi connectivity index (χ3n) is 2.54. The number of hydrogen-bond donors (Lipinski definition) is 1. The number of hydrogen-bond acceptors (Lipinski definition) is 3. The molecular formula is C13H20ClN3O. The molecular weight excluding hydrogens is 250 g/mol. The van der Waals surface area contributed by atoms with E-state index in [4.69, 9.17) is 4.42 Å². The van der Waals surface area contributed by atoms with Crippen molar-refractivity contribution in [3.8, 4) is 0 Å². The normalized spacial score (nSPS) is 10.4. The van der Waals surface area contributed by atoms with Crippen molar-refractivity contribution in [2.24, 2.45) is 5.92 Å². The summed E-state index contributed by atoms with van der Waals surface area (Å²) in [6, 6.07) is 5.90. The van der Waals surface area contributed by atoms with Crippen LogP contribution >= 0.6 is 12.4 Å². The molecule has 0 aliphatic carbocycles. The van der Waals surface area contributed by atoms with Crippen molar-refractivity contribution in [1.82, 2.24) is 9.78 Å². The molecule has 0 aliphatic heterocycles. The molecule has 100 valence electrons.